The summed E-state index contributed by atoms with van der Waals surface area (Å²) in [4.78, 5) is 24.5. The van der Waals surface area contributed by atoms with Gasteiger partial charge in [-0.3, -0.25) is 9.97 Å². The zero-order chi connectivity index (χ0) is 42.2. The molecule has 11 rings (SSSR count). The monoisotopic (exact) mass is 804 g/mol. The second-order valence-corrected chi connectivity index (χ2v) is 15.6. The first kappa shape index (κ1) is 37.3. The third-order valence-electron chi connectivity index (χ3n) is 12.0. The minimum absolute atomic E-state index is 0.551. The molecule has 10 aromatic rings. The summed E-state index contributed by atoms with van der Waals surface area (Å²) in [5.74, 6) is 1.71. The number of hydrogen-bond acceptors (Lipinski definition) is 6. The van der Waals surface area contributed by atoms with E-state index in [-0.39, 0.29) is 0 Å². The predicted molar refractivity (Wildman–Crippen MR) is 250 cm³/mol. The molecule has 0 saturated heterocycles. The Hall–Kier alpha value is -8.66. The van der Waals surface area contributed by atoms with Crippen molar-refractivity contribution in [3.8, 4) is 84.9 Å². The predicted octanol–water partition coefficient (Wildman–Crippen LogP) is 12.9. The van der Waals surface area contributed by atoms with E-state index in [2.05, 4.69) is 151 Å². The number of aromatic nitrogens is 5. The van der Waals surface area contributed by atoms with E-state index >= 15 is 0 Å². The van der Waals surface area contributed by atoms with Gasteiger partial charge in [0.25, 0.3) is 0 Å². The van der Waals surface area contributed by atoms with Crippen LogP contribution >= 0.6 is 0 Å². The maximum Gasteiger partial charge on any atom is 0.164 e. The van der Waals surface area contributed by atoms with Gasteiger partial charge in [0.05, 0.1) is 22.7 Å². The standard InChI is InChI=1S/C57H36N6/c58-36-38-21-27-49-50-28-26-42(35-52(50)57(51(49)31-38,47-16-6-2-7-17-47)48-18-8-3-9-19-48)44-32-45(53-20-10-11-30-60-53)34-46(33-44)56-62-54(40-13-4-1-5-14-40)61-55(63-56)41-24-22-39(23-25-41)43-15-12-29-59-37-43/h1-35,37H. The fourth-order valence-electron chi connectivity index (χ4n) is 9.04. The van der Waals surface area contributed by atoms with Crippen LogP contribution in [0.5, 0.6) is 0 Å². The van der Waals surface area contributed by atoms with Gasteiger partial charge in [-0.2, -0.15) is 5.26 Å². The summed E-state index contributed by atoms with van der Waals surface area (Å²) < 4.78 is 0. The Kier molecular flexibility index (Phi) is 9.33. The first-order valence-corrected chi connectivity index (χ1v) is 20.9. The third kappa shape index (κ3) is 6.66. The molecular weight excluding hydrogens is 769 g/mol. The summed E-state index contributed by atoms with van der Waals surface area (Å²) in [5.41, 5.74) is 15.2. The molecule has 294 valence electrons. The van der Waals surface area contributed by atoms with Gasteiger partial charge in [-0.15, -0.1) is 0 Å². The Morgan fingerprint density at radius 2 is 0.921 bits per heavy atom. The second-order valence-electron chi connectivity index (χ2n) is 15.6. The number of rotatable bonds is 8. The highest BCUT2D eigenvalue weighted by atomic mass is 15.0. The van der Waals surface area contributed by atoms with Crippen molar-refractivity contribution in [1.29, 1.82) is 5.26 Å². The topological polar surface area (TPSA) is 88.2 Å². The van der Waals surface area contributed by atoms with Gasteiger partial charge in [-0.1, -0.05) is 146 Å². The minimum Gasteiger partial charge on any atom is -0.264 e. The first-order chi connectivity index (χ1) is 31.2. The van der Waals surface area contributed by atoms with Crippen LogP contribution in [0.25, 0.3) is 78.8 Å². The Balaban J connectivity index is 1.12. The van der Waals surface area contributed by atoms with Crippen LogP contribution in [-0.2, 0) is 5.41 Å². The quantitative estimate of drug-likeness (QED) is 0.152. The van der Waals surface area contributed by atoms with E-state index in [9.17, 15) is 5.26 Å². The molecule has 63 heavy (non-hydrogen) atoms. The fourth-order valence-corrected chi connectivity index (χ4v) is 9.04. The van der Waals surface area contributed by atoms with Crippen molar-refractivity contribution in [2.45, 2.75) is 5.41 Å². The van der Waals surface area contributed by atoms with Gasteiger partial charge in [0, 0.05) is 40.8 Å². The van der Waals surface area contributed by atoms with Crippen molar-refractivity contribution in [2.75, 3.05) is 0 Å². The van der Waals surface area contributed by atoms with E-state index in [1.54, 1.807) is 6.20 Å². The van der Waals surface area contributed by atoms with E-state index < -0.39 is 5.41 Å². The van der Waals surface area contributed by atoms with Crippen molar-refractivity contribution in [3.05, 3.63) is 247 Å². The van der Waals surface area contributed by atoms with Crippen molar-refractivity contribution < 1.29 is 0 Å². The van der Waals surface area contributed by atoms with Gasteiger partial charge in [0.1, 0.15) is 0 Å². The van der Waals surface area contributed by atoms with Crippen LogP contribution in [0, 0.1) is 11.3 Å². The lowest BCUT2D eigenvalue weighted by Gasteiger charge is -2.34. The molecule has 7 aromatic carbocycles. The molecule has 0 saturated carbocycles. The summed E-state index contributed by atoms with van der Waals surface area (Å²) in [6, 6.07) is 71.4. The van der Waals surface area contributed by atoms with Crippen molar-refractivity contribution in [2.24, 2.45) is 0 Å². The van der Waals surface area contributed by atoms with Gasteiger partial charge in [0.2, 0.25) is 0 Å². The first-order valence-electron chi connectivity index (χ1n) is 20.9. The van der Waals surface area contributed by atoms with Crippen molar-refractivity contribution in [1.82, 2.24) is 24.9 Å². The van der Waals surface area contributed by atoms with Gasteiger partial charge in [-0.25, -0.2) is 15.0 Å². The van der Waals surface area contributed by atoms with E-state index in [1.165, 1.54) is 0 Å². The molecule has 0 fully saturated rings. The second kappa shape index (κ2) is 15.7. The van der Waals surface area contributed by atoms with Crippen LogP contribution in [0.15, 0.2) is 219 Å². The Labute approximate surface area is 365 Å². The van der Waals surface area contributed by atoms with Gasteiger partial charge in [-0.05, 0) is 110 Å². The summed E-state index contributed by atoms with van der Waals surface area (Å²) in [5, 5.41) is 10.2. The SMILES string of the molecule is N#Cc1ccc2c(c1)C(c1ccccc1)(c1ccccc1)c1cc(-c3cc(-c4ccccn4)cc(-c4nc(-c5ccccc5)nc(-c5ccc(-c6cccnc6)cc5)n4)c3)ccc1-2. The summed E-state index contributed by atoms with van der Waals surface area (Å²) in [6.07, 6.45) is 5.46. The van der Waals surface area contributed by atoms with Crippen LogP contribution in [0.4, 0.5) is 0 Å². The molecule has 0 spiro atoms. The molecule has 0 N–H and O–H groups in total. The van der Waals surface area contributed by atoms with Gasteiger partial charge in [0.15, 0.2) is 17.5 Å². The molecule has 3 aromatic heterocycles. The lowest BCUT2D eigenvalue weighted by molar-refractivity contribution is 0.768. The molecule has 0 bridgehead atoms. The zero-order valence-corrected chi connectivity index (χ0v) is 34.0. The molecule has 0 aliphatic heterocycles. The van der Waals surface area contributed by atoms with Crippen molar-refractivity contribution in [3.63, 3.8) is 0 Å². The van der Waals surface area contributed by atoms with Crippen LogP contribution < -0.4 is 0 Å². The number of fused-ring (bicyclic) bond motifs is 3. The maximum atomic E-state index is 10.2. The molecule has 6 heteroatoms. The molecule has 6 nitrogen and oxygen atoms in total. The maximum absolute atomic E-state index is 10.2. The van der Waals surface area contributed by atoms with Gasteiger partial charge >= 0.3 is 0 Å². The lowest BCUT2D eigenvalue weighted by atomic mass is 9.67. The molecule has 0 atom stereocenters. The fraction of sp³-hybridized carbons (Fsp3) is 0.0175. The molecule has 1 aliphatic rings. The van der Waals surface area contributed by atoms with E-state index in [0.29, 0.717) is 23.0 Å². The highest BCUT2D eigenvalue weighted by Gasteiger charge is 2.46. The number of benzene rings is 7. The average Bonchev–Trinajstić information content (AvgIpc) is 3.67. The third-order valence-corrected chi connectivity index (χ3v) is 12.0. The van der Waals surface area contributed by atoms with E-state index in [1.807, 2.05) is 73.1 Å². The van der Waals surface area contributed by atoms with Gasteiger partial charge < -0.3 is 0 Å². The largest absolute Gasteiger partial charge is 0.264 e. The highest BCUT2D eigenvalue weighted by molar-refractivity contribution is 5.90. The Morgan fingerprint density at radius 1 is 0.381 bits per heavy atom. The van der Waals surface area contributed by atoms with E-state index in [0.717, 1.165) is 83.6 Å². The van der Waals surface area contributed by atoms with Crippen LogP contribution in [0.2, 0.25) is 0 Å². The number of hydrogen-bond donors (Lipinski definition) is 0. The molecule has 0 amide bonds. The zero-order valence-electron chi connectivity index (χ0n) is 34.0. The molecule has 1 aliphatic carbocycles. The van der Waals surface area contributed by atoms with Crippen LogP contribution in [0.3, 0.4) is 0 Å². The number of nitriles is 1. The molecular formula is C57H36N6. The summed E-state index contributed by atoms with van der Waals surface area (Å²) >= 11 is 0. The van der Waals surface area contributed by atoms with E-state index in [4.69, 9.17) is 19.9 Å². The highest BCUT2D eigenvalue weighted by Crippen LogP contribution is 2.57. The average molecular weight is 805 g/mol. The molecule has 3 heterocycles. The Morgan fingerprint density at radius 3 is 1.56 bits per heavy atom. The number of pyridine rings is 2. The van der Waals surface area contributed by atoms with Crippen LogP contribution in [-0.4, -0.2) is 24.9 Å². The molecule has 0 radical (unpaired) electrons. The normalized spacial score (nSPS) is 12.2. The summed E-state index contributed by atoms with van der Waals surface area (Å²) in [7, 11) is 0. The Bertz CT molecular complexity index is 3270. The minimum atomic E-state index is -0.683. The van der Waals surface area contributed by atoms with Crippen LogP contribution in [0.1, 0.15) is 27.8 Å². The summed E-state index contributed by atoms with van der Waals surface area (Å²) in [6.45, 7) is 0. The smallest absolute Gasteiger partial charge is 0.164 e. The molecule has 0 unspecified atom stereocenters. The number of nitrogens with zero attached hydrogens (tertiary/aromatic N) is 6. The lowest BCUT2D eigenvalue weighted by Crippen LogP contribution is -2.28. The van der Waals surface area contributed by atoms with Crippen molar-refractivity contribution >= 4 is 0 Å².